The van der Waals surface area contributed by atoms with Crippen molar-refractivity contribution in [1.82, 2.24) is 25.2 Å². The van der Waals surface area contributed by atoms with Crippen molar-refractivity contribution >= 4 is 0 Å². The van der Waals surface area contributed by atoms with Crippen molar-refractivity contribution in [2.45, 2.75) is 6.54 Å². The van der Waals surface area contributed by atoms with Crippen molar-refractivity contribution in [1.29, 1.82) is 0 Å². The molecule has 5 nitrogen and oxygen atoms in total. The van der Waals surface area contributed by atoms with Crippen molar-refractivity contribution in [3.8, 4) is 0 Å². The molecule has 2 heterocycles. The van der Waals surface area contributed by atoms with Gasteiger partial charge in [0.25, 0.3) is 0 Å². The molecule has 1 aromatic rings. The fourth-order valence-corrected chi connectivity index (χ4v) is 1.55. The van der Waals surface area contributed by atoms with Crippen LogP contribution in [0.5, 0.6) is 0 Å². The summed E-state index contributed by atoms with van der Waals surface area (Å²) in [5.74, 6) is 0. The minimum Gasteiger partial charge on any atom is -0.314 e. The van der Waals surface area contributed by atoms with Gasteiger partial charge in [0, 0.05) is 39.8 Å². The van der Waals surface area contributed by atoms with E-state index < -0.39 is 0 Å². The van der Waals surface area contributed by atoms with E-state index in [9.17, 15) is 0 Å². The second-order valence-corrected chi connectivity index (χ2v) is 3.38. The minimum absolute atomic E-state index is 0.963. The average molecular weight is 181 g/mol. The van der Waals surface area contributed by atoms with Gasteiger partial charge in [-0.25, -0.2) is 0 Å². The van der Waals surface area contributed by atoms with Crippen molar-refractivity contribution in [3.63, 3.8) is 0 Å². The molecule has 1 saturated heterocycles. The number of hydrogen-bond acceptors (Lipinski definition) is 4. The first-order valence-corrected chi connectivity index (χ1v) is 4.63. The van der Waals surface area contributed by atoms with Crippen molar-refractivity contribution in [2.75, 3.05) is 26.2 Å². The van der Waals surface area contributed by atoms with Gasteiger partial charge in [0.05, 0.1) is 11.9 Å². The van der Waals surface area contributed by atoms with E-state index in [2.05, 4.69) is 20.5 Å². The van der Waals surface area contributed by atoms with Crippen LogP contribution < -0.4 is 5.32 Å². The van der Waals surface area contributed by atoms with Crippen LogP contribution in [0.15, 0.2) is 6.20 Å². The Bertz CT molecular complexity index is 263. The summed E-state index contributed by atoms with van der Waals surface area (Å²) in [6, 6.07) is 0. The van der Waals surface area contributed by atoms with Crippen LogP contribution in [0.2, 0.25) is 0 Å². The Morgan fingerprint density at radius 3 is 2.85 bits per heavy atom. The normalized spacial score (nSPS) is 19.2. The van der Waals surface area contributed by atoms with Gasteiger partial charge in [0.1, 0.15) is 0 Å². The van der Waals surface area contributed by atoms with E-state index in [0.29, 0.717) is 0 Å². The monoisotopic (exact) mass is 181 g/mol. The molecule has 1 aromatic heterocycles. The van der Waals surface area contributed by atoms with Crippen molar-refractivity contribution in [2.24, 2.45) is 7.05 Å². The highest BCUT2D eigenvalue weighted by Crippen LogP contribution is 2.01. The highest BCUT2D eigenvalue weighted by Gasteiger charge is 2.11. The second-order valence-electron chi connectivity index (χ2n) is 3.38. The van der Waals surface area contributed by atoms with Gasteiger partial charge in [0.15, 0.2) is 0 Å². The summed E-state index contributed by atoms with van der Waals surface area (Å²) in [4.78, 5) is 2.41. The van der Waals surface area contributed by atoms with Crippen LogP contribution in [0.3, 0.4) is 0 Å². The number of rotatable bonds is 2. The minimum atomic E-state index is 0.963. The summed E-state index contributed by atoms with van der Waals surface area (Å²) in [7, 11) is 1.94. The molecule has 1 aliphatic rings. The number of aromatic nitrogens is 3. The van der Waals surface area contributed by atoms with Crippen LogP contribution in [-0.2, 0) is 13.6 Å². The number of nitrogens with zero attached hydrogens (tertiary/aromatic N) is 4. The fourth-order valence-electron chi connectivity index (χ4n) is 1.55. The first-order chi connectivity index (χ1) is 6.36. The van der Waals surface area contributed by atoms with Crippen LogP contribution in [0.1, 0.15) is 5.69 Å². The van der Waals surface area contributed by atoms with Crippen molar-refractivity contribution < 1.29 is 0 Å². The Morgan fingerprint density at radius 1 is 1.46 bits per heavy atom. The maximum Gasteiger partial charge on any atom is 0.0738 e. The standard InChI is InChI=1S/C8H15N5/c1-12-8(6-10-11-12)7-13-4-2-9-3-5-13/h6,9H,2-5,7H2,1H3. The van der Waals surface area contributed by atoms with E-state index >= 15 is 0 Å². The van der Waals surface area contributed by atoms with Crippen LogP contribution in [0, 0.1) is 0 Å². The van der Waals surface area contributed by atoms with Crippen LogP contribution in [0.25, 0.3) is 0 Å². The molecule has 13 heavy (non-hydrogen) atoms. The molecule has 1 aliphatic heterocycles. The Morgan fingerprint density at radius 2 is 2.23 bits per heavy atom. The number of piperazine rings is 1. The van der Waals surface area contributed by atoms with E-state index in [1.165, 1.54) is 5.69 Å². The fraction of sp³-hybridized carbons (Fsp3) is 0.750. The van der Waals surface area contributed by atoms with E-state index in [0.717, 1.165) is 32.7 Å². The molecule has 1 N–H and O–H groups in total. The Labute approximate surface area is 77.7 Å². The SMILES string of the molecule is Cn1nncc1CN1CCNCC1. The molecule has 0 unspecified atom stereocenters. The lowest BCUT2D eigenvalue weighted by Gasteiger charge is -2.26. The molecule has 0 amide bonds. The predicted octanol–water partition coefficient (Wildman–Crippen LogP) is -0.780. The molecular weight excluding hydrogens is 166 g/mol. The summed E-state index contributed by atoms with van der Waals surface area (Å²) in [5, 5.41) is 11.1. The van der Waals surface area contributed by atoms with E-state index in [-0.39, 0.29) is 0 Å². The zero-order chi connectivity index (χ0) is 9.10. The highest BCUT2D eigenvalue weighted by atomic mass is 15.4. The molecule has 0 atom stereocenters. The first-order valence-electron chi connectivity index (χ1n) is 4.63. The van der Waals surface area contributed by atoms with Gasteiger partial charge in [-0.3, -0.25) is 9.58 Å². The molecule has 5 heteroatoms. The van der Waals surface area contributed by atoms with E-state index in [1.807, 2.05) is 17.9 Å². The van der Waals surface area contributed by atoms with Gasteiger partial charge >= 0.3 is 0 Å². The van der Waals surface area contributed by atoms with Crippen LogP contribution >= 0.6 is 0 Å². The summed E-state index contributed by atoms with van der Waals surface area (Å²) in [6.45, 7) is 5.37. The molecule has 0 spiro atoms. The summed E-state index contributed by atoms with van der Waals surface area (Å²) in [5.41, 5.74) is 1.18. The molecule has 0 radical (unpaired) electrons. The smallest absolute Gasteiger partial charge is 0.0738 e. The molecular formula is C8H15N5. The molecule has 0 saturated carbocycles. The largest absolute Gasteiger partial charge is 0.314 e. The van der Waals surface area contributed by atoms with Crippen LogP contribution in [-0.4, -0.2) is 46.1 Å². The topological polar surface area (TPSA) is 46.0 Å². The van der Waals surface area contributed by atoms with Gasteiger partial charge in [0.2, 0.25) is 0 Å². The summed E-state index contributed by atoms with van der Waals surface area (Å²) < 4.78 is 1.84. The van der Waals surface area contributed by atoms with Gasteiger partial charge in [-0.05, 0) is 0 Å². The lowest BCUT2D eigenvalue weighted by Crippen LogP contribution is -2.43. The third kappa shape index (κ3) is 2.05. The Hall–Kier alpha value is -0.940. The van der Waals surface area contributed by atoms with Gasteiger partial charge < -0.3 is 5.32 Å². The average Bonchev–Trinajstić information content (AvgIpc) is 2.54. The molecule has 1 fully saturated rings. The lowest BCUT2D eigenvalue weighted by molar-refractivity contribution is 0.228. The lowest BCUT2D eigenvalue weighted by atomic mass is 10.3. The first kappa shape index (κ1) is 8.65. The van der Waals surface area contributed by atoms with Crippen molar-refractivity contribution in [3.05, 3.63) is 11.9 Å². The maximum absolute atomic E-state index is 3.91. The van der Waals surface area contributed by atoms with E-state index in [4.69, 9.17) is 0 Å². The Balaban J connectivity index is 1.93. The number of aryl methyl sites for hydroxylation is 1. The quantitative estimate of drug-likeness (QED) is 0.650. The highest BCUT2D eigenvalue weighted by molar-refractivity contribution is 4.93. The molecule has 0 bridgehead atoms. The predicted molar refractivity (Wildman–Crippen MR) is 49.1 cm³/mol. The van der Waals surface area contributed by atoms with Crippen LogP contribution in [0.4, 0.5) is 0 Å². The maximum atomic E-state index is 3.91. The molecule has 2 rings (SSSR count). The number of nitrogens with one attached hydrogen (secondary N) is 1. The second kappa shape index (κ2) is 3.85. The van der Waals surface area contributed by atoms with Gasteiger partial charge in [-0.15, -0.1) is 5.10 Å². The summed E-state index contributed by atoms with van der Waals surface area (Å²) >= 11 is 0. The zero-order valence-electron chi connectivity index (χ0n) is 7.90. The third-order valence-electron chi connectivity index (χ3n) is 2.40. The zero-order valence-corrected chi connectivity index (χ0v) is 7.90. The third-order valence-corrected chi connectivity index (χ3v) is 2.40. The van der Waals surface area contributed by atoms with Gasteiger partial charge in [-0.2, -0.15) is 0 Å². The van der Waals surface area contributed by atoms with Gasteiger partial charge in [-0.1, -0.05) is 5.21 Å². The summed E-state index contributed by atoms with van der Waals surface area (Å²) in [6.07, 6.45) is 1.84. The molecule has 0 aromatic carbocycles. The molecule has 0 aliphatic carbocycles. The molecule has 72 valence electrons. The van der Waals surface area contributed by atoms with E-state index in [1.54, 1.807) is 0 Å². The Kier molecular flexibility index (Phi) is 2.56. The number of hydrogen-bond donors (Lipinski definition) is 1.